The molecule has 0 atom stereocenters. The van der Waals surface area contributed by atoms with Crippen LogP contribution in [0.4, 0.5) is 10.1 Å². The highest BCUT2D eigenvalue weighted by Gasteiger charge is 2.20. The standard InChI is InChI=1S/C21H24ClFN2O4/c1-13(2)12-29-20-17(22)9-14(10-18(20)28-4)21(27)25(3)11-19(26)24-16-7-5-15(23)6-8-16/h5-10,13H,11-12H2,1-4H3,(H,24,26). The van der Waals surface area contributed by atoms with E-state index < -0.39 is 17.6 Å². The van der Waals surface area contributed by atoms with E-state index in [1.165, 1.54) is 55.5 Å². The van der Waals surface area contributed by atoms with Gasteiger partial charge in [-0.05, 0) is 42.3 Å². The van der Waals surface area contributed by atoms with E-state index in [1.807, 2.05) is 13.8 Å². The Kier molecular flexibility index (Phi) is 7.84. The molecule has 2 amide bonds. The van der Waals surface area contributed by atoms with Gasteiger partial charge in [-0.3, -0.25) is 9.59 Å². The van der Waals surface area contributed by atoms with Crippen molar-refractivity contribution in [1.82, 2.24) is 4.90 Å². The van der Waals surface area contributed by atoms with Gasteiger partial charge in [0.05, 0.1) is 25.3 Å². The van der Waals surface area contributed by atoms with Gasteiger partial charge in [0, 0.05) is 18.3 Å². The highest BCUT2D eigenvalue weighted by Crippen LogP contribution is 2.37. The molecule has 0 bridgehead atoms. The van der Waals surface area contributed by atoms with Crippen LogP contribution in [0.15, 0.2) is 36.4 Å². The summed E-state index contributed by atoms with van der Waals surface area (Å²) < 4.78 is 23.9. The lowest BCUT2D eigenvalue weighted by Gasteiger charge is -2.19. The molecule has 2 aromatic rings. The molecule has 0 saturated carbocycles. The van der Waals surface area contributed by atoms with Crippen LogP contribution < -0.4 is 14.8 Å². The van der Waals surface area contributed by atoms with E-state index in [0.29, 0.717) is 29.7 Å². The summed E-state index contributed by atoms with van der Waals surface area (Å²) in [5, 5.41) is 2.85. The van der Waals surface area contributed by atoms with Gasteiger partial charge >= 0.3 is 0 Å². The summed E-state index contributed by atoms with van der Waals surface area (Å²) in [4.78, 5) is 26.1. The Bertz CT molecular complexity index is 872. The summed E-state index contributed by atoms with van der Waals surface area (Å²) in [6, 6.07) is 8.36. The molecule has 29 heavy (non-hydrogen) atoms. The monoisotopic (exact) mass is 422 g/mol. The number of hydrogen-bond donors (Lipinski definition) is 1. The van der Waals surface area contributed by atoms with Crippen molar-refractivity contribution < 1.29 is 23.5 Å². The SMILES string of the molecule is COc1cc(C(=O)N(C)CC(=O)Nc2ccc(F)cc2)cc(Cl)c1OCC(C)C. The minimum atomic E-state index is -0.414. The largest absolute Gasteiger partial charge is 0.493 e. The molecule has 0 aromatic heterocycles. The minimum absolute atomic E-state index is 0.193. The summed E-state index contributed by atoms with van der Waals surface area (Å²) in [6.07, 6.45) is 0. The average molecular weight is 423 g/mol. The number of anilines is 1. The van der Waals surface area contributed by atoms with E-state index in [9.17, 15) is 14.0 Å². The van der Waals surface area contributed by atoms with Crippen molar-refractivity contribution in [2.75, 3.05) is 32.6 Å². The van der Waals surface area contributed by atoms with E-state index in [0.717, 1.165) is 0 Å². The van der Waals surface area contributed by atoms with Crippen LogP contribution in [0, 0.1) is 11.7 Å². The predicted octanol–water partition coefficient (Wildman–Crippen LogP) is 4.23. The number of likely N-dealkylation sites (N-methyl/N-ethyl adjacent to an activating group) is 1. The fourth-order valence-corrected chi connectivity index (χ4v) is 2.74. The Labute approximate surface area is 174 Å². The summed E-state index contributed by atoms with van der Waals surface area (Å²) in [5.74, 6) is -0.219. The van der Waals surface area contributed by atoms with Crippen molar-refractivity contribution in [1.29, 1.82) is 0 Å². The van der Waals surface area contributed by atoms with Gasteiger partial charge in [0.2, 0.25) is 5.91 Å². The molecule has 0 aliphatic heterocycles. The van der Waals surface area contributed by atoms with Gasteiger partial charge in [0.25, 0.3) is 5.91 Å². The van der Waals surface area contributed by atoms with Crippen LogP contribution in [0.2, 0.25) is 5.02 Å². The molecule has 0 heterocycles. The Balaban J connectivity index is 2.08. The Morgan fingerprint density at radius 3 is 2.45 bits per heavy atom. The van der Waals surface area contributed by atoms with Crippen molar-refractivity contribution in [2.24, 2.45) is 5.92 Å². The maximum absolute atomic E-state index is 12.9. The first-order valence-electron chi connectivity index (χ1n) is 9.02. The Morgan fingerprint density at radius 2 is 1.86 bits per heavy atom. The van der Waals surface area contributed by atoms with E-state index in [1.54, 1.807) is 0 Å². The number of methoxy groups -OCH3 is 1. The van der Waals surface area contributed by atoms with Crippen molar-refractivity contribution in [3.63, 3.8) is 0 Å². The average Bonchev–Trinajstić information content (AvgIpc) is 2.67. The summed E-state index contributed by atoms with van der Waals surface area (Å²) in [6.45, 7) is 4.27. The van der Waals surface area contributed by atoms with Gasteiger partial charge in [-0.1, -0.05) is 25.4 Å². The van der Waals surface area contributed by atoms with Gasteiger partial charge in [0.15, 0.2) is 11.5 Å². The molecule has 8 heteroatoms. The van der Waals surface area contributed by atoms with Crippen molar-refractivity contribution in [3.8, 4) is 11.5 Å². The smallest absolute Gasteiger partial charge is 0.254 e. The van der Waals surface area contributed by atoms with E-state index in [-0.39, 0.29) is 17.1 Å². The summed E-state index contributed by atoms with van der Waals surface area (Å²) >= 11 is 6.29. The van der Waals surface area contributed by atoms with Gasteiger partial charge in [-0.25, -0.2) is 4.39 Å². The first-order chi connectivity index (χ1) is 13.7. The van der Waals surface area contributed by atoms with Gasteiger partial charge in [0.1, 0.15) is 5.82 Å². The van der Waals surface area contributed by atoms with Gasteiger partial charge in [-0.15, -0.1) is 0 Å². The van der Waals surface area contributed by atoms with Crippen molar-refractivity contribution >= 4 is 29.1 Å². The number of carbonyl (C=O) groups excluding carboxylic acids is 2. The molecule has 1 N–H and O–H groups in total. The Hall–Kier alpha value is -2.80. The van der Waals surface area contributed by atoms with Crippen LogP contribution >= 0.6 is 11.6 Å². The lowest BCUT2D eigenvalue weighted by Crippen LogP contribution is -2.35. The zero-order chi connectivity index (χ0) is 21.6. The van der Waals surface area contributed by atoms with Gasteiger partial charge in [-0.2, -0.15) is 0 Å². The predicted molar refractivity (Wildman–Crippen MR) is 110 cm³/mol. The zero-order valence-corrected chi connectivity index (χ0v) is 17.5. The van der Waals surface area contributed by atoms with E-state index >= 15 is 0 Å². The number of nitrogens with one attached hydrogen (secondary N) is 1. The summed E-state index contributed by atoms with van der Waals surface area (Å²) in [7, 11) is 2.96. The maximum Gasteiger partial charge on any atom is 0.254 e. The number of amides is 2. The first kappa shape index (κ1) is 22.5. The third-order valence-electron chi connectivity index (χ3n) is 3.89. The summed E-state index contributed by atoms with van der Waals surface area (Å²) in [5.41, 5.74) is 0.703. The maximum atomic E-state index is 12.9. The van der Waals surface area contributed by atoms with Crippen LogP contribution in [-0.4, -0.2) is 44.0 Å². The number of benzene rings is 2. The van der Waals surface area contributed by atoms with Crippen LogP contribution in [0.5, 0.6) is 11.5 Å². The molecule has 0 aliphatic rings. The van der Waals surface area contributed by atoms with Crippen molar-refractivity contribution in [2.45, 2.75) is 13.8 Å². The highest BCUT2D eigenvalue weighted by molar-refractivity contribution is 6.32. The Morgan fingerprint density at radius 1 is 1.21 bits per heavy atom. The van der Waals surface area contributed by atoms with Gasteiger partial charge < -0.3 is 19.7 Å². The molecule has 0 spiro atoms. The second-order valence-electron chi connectivity index (χ2n) is 6.91. The van der Waals surface area contributed by atoms with E-state index in [4.69, 9.17) is 21.1 Å². The molecule has 0 unspecified atom stereocenters. The molecule has 2 aromatic carbocycles. The topological polar surface area (TPSA) is 67.9 Å². The van der Waals surface area contributed by atoms with Crippen LogP contribution in [0.1, 0.15) is 24.2 Å². The number of rotatable bonds is 8. The first-order valence-corrected chi connectivity index (χ1v) is 9.40. The molecule has 0 saturated heterocycles. The molecule has 2 rings (SSSR count). The minimum Gasteiger partial charge on any atom is -0.493 e. The van der Waals surface area contributed by atoms with Crippen LogP contribution in [-0.2, 0) is 4.79 Å². The normalized spacial score (nSPS) is 10.6. The molecular formula is C21H24ClFN2O4. The fourth-order valence-electron chi connectivity index (χ4n) is 2.47. The molecule has 6 nitrogen and oxygen atoms in total. The lowest BCUT2D eigenvalue weighted by molar-refractivity contribution is -0.116. The second-order valence-corrected chi connectivity index (χ2v) is 7.32. The highest BCUT2D eigenvalue weighted by atomic mass is 35.5. The third-order valence-corrected chi connectivity index (χ3v) is 4.17. The number of ether oxygens (including phenoxy) is 2. The number of carbonyl (C=O) groups is 2. The molecule has 156 valence electrons. The van der Waals surface area contributed by atoms with Crippen LogP contribution in [0.25, 0.3) is 0 Å². The molecule has 0 aliphatic carbocycles. The molecule has 0 radical (unpaired) electrons. The number of nitrogens with zero attached hydrogens (tertiary/aromatic N) is 1. The molecular weight excluding hydrogens is 399 g/mol. The molecule has 0 fully saturated rings. The fraction of sp³-hybridized carbons (Fsp3) is 0.333. The number of hydrogen-bond acceptors (Lipinski definition) is 4. The third kappa shape index (κ3) is 6.35. The number of halogens is 2. The second kappa shape index (κ2) is 10.1. The van der Waals surface area contributed by atoms with Crippen molar-refractivity contribution in [3.05, 3.63) is 52.8 Å². The van der Waals surface area contributed by atoms with Crippen LogP contribution in [0.3, 0.4) is 0 Å². The van der Waals surface area contributed by atoms with E-state index in [2.05, 4.69) is 5.32 Å². The zero-order valence-electron chi connectivity index (χ0n) is 16.8. The quantitative estimate of drug-likeness (QED) is 0.691. The lowest BCUT2D eigenvalue weighted by atomic mass is 10.1.